The fourth-order valence-electron chi connectivity index (χ4n) is 1.24. The summed E-state index contributed by atoms with van der Waals surface area (Å²) in [5.41, 5.74) is 2.60. The van der Waals surface area contributed by atoms with Crippen molar-refractivity contribution in [2.45, 2.75) is 6.92 Å². The molecule has 0 aromatic carbocycles. The molecule has 0 spiro atoms. The van der Waals surface area contributed by atoms with Crippen LogP contribution in [0.4, 0.5) is 5.69 Å². The van der Waals surface area contributed by atoms with E-state index < -0.39 is 0 Å². The topological polar surface area (TPSA) is 42.2 Å². The Morgan fingerprint density at radius 3 is 3.00 bits per heavy atom. The standard InChI is InChI=1S/C8H9ClN4/c1-5-4-13-8(11-5)6(10-2)3-7(9)12-13/h3-4,10H,1-2H3. The second-order valence-corrected chi connectivity index (χ2v) is 3.17. The summed E-state index contributed by atoms with van der Waals surface area (Å²) in [5.74, 6) is 0. The summed E-state index contributed by atoms with van der Waals surface area (Å²) in [7, 11) is 1.83. The molecule has 0 radical (unpaired) electrons. The molecule has 68 valence electrons. The quantitative estimate of drug-likeness (QED) is 0.756. The molecular weight excluding hydrogens is 188 g/mol. The van der Waals surface area contributed by atoms with Crippen LogP contribution in [0, 0.1) is 6.92 Å². The van der Waals surface area contributed by atoms with Gasteiger partial charge in [-0.05, 0) is 6.92 Å². The summed E-state index contributed by atoms with van der Waals surface area (Å²) in [6.45, 7) is 1.92. The van der Waals surface area contributed by atoms with Gasteiger partial charge < -0.3 is 5.32 Å². The minimum Gasteiger partial charge on any atom is -0.385 e. The van der Waals surface area contributed by atoms with E-state index in [4.69, 9.17) is 11.6 Å². The van der Waals surface area contributed by atoms with E-state index in [2.05, 4.69) is 15.4 Å². The zero-order chi connectivity index (χ0) is 9.42. The molecule has 0 saturated heterocycles. The number of anilines is 1. The fourth-order valence-corrected chi connectivity index (χ4v) is 1.44. The minimum absolute atomic E-state index is 0.453. The number of hydrogen-bond acceptors (Lipinski definition) is 3. The predicted molar refractivity (Wildman–Crippen MR) is 52.3 cm³/mol. The van der Waals surface area contributed by atoms with Gasteiger partial charge in [-0.1, -0.05) is 11.6 Å². The SMILES string of the molecule is CNc1cc(Cl)nn2cc(C)nc12. The molecule has 0 aliphatic heterocycles. The van der Waals surface area contributed by atoms with Crippen molar-refractivity contribution < 1.29 is 0 Å². The molecule has 2 aromatic rings. The zero-order valence-corrected chi connectivity index (χ0v) is 8.13. The maximum atomic E-state index is 5.81. The van der Waals surface area contributed by atoms with Gasteiger partial charge in [0.15, 0.2) is 10.8 Å². The first-order valence-corrected chi connectivity index (χ1v) is 4.29. The molecule has 2 aromatic heterocycles. The Hall–Kier alpha value is -1.29. The van der Waals surface area contributed by atoms with Crippen molar-refractivity contribution in [1.82, 2.24) is 14.6 Å². The summed E-state index contributed by atoms with van der Waals surface area (Å²) in [6, 6.07) is 1.75. The lowest BCUT2D eigenvalue weighted by atomic mass is 10.4. The van der Waals surface area contributed by atoms with Gasteiger partial charge in [-0.25, -0.2) is 9.50 Å². The van der Waals surface area contributed by atoms with E-state index in [1.54, 1.807) is 10.6 Å². The van der Waals surface area contributed by atoms with Crippen LogP contribution in [-0.2, 0) is 0 Å². The molecule has 0 aliphatic carbocycles. The Balaban J connectivity index is 2.80. The molecule has 4 nitrogen and oxygen atoms in total. The van der Waals surface area contributed by atoms with Crippen LogP contribution in [0.5, 0.6) is 0 Å². The van der Waals surface area contributed by atoms with Gasteiger partial charge in [-0.15, -0.1) is 0 Å². The smallest absolute Gasteiger partial charge is 0.177 e. The second kappa shape index (κ2) is 2.88. The minimum atomic E-state index is 0.453. The number of imidazole rings is 1. The Bertz CT molecular complexity index is 449. The van der Waals surface area contributed by atoms with Crippen LogP contribution in [0.15, 0.2) is 12.3 Å². The summed E-state index contributed by atoms with van der Waals surface area (Å²) in [4.78, 5) is 4.30. The third-order valence-corrected chi connectivity index (χ3v) is 1.97. The molecule has 2 rings (SSSR count). The van der Waals surface area contributed by atoms with Gasteiger partial charge >= 0.3 is 0 Å². The molecule has 2 heterocycles. The lowest BCUT2D eigenvalue weighted by molar-refractivity contribution is 0.936. The number of nitrogens with one attached hydrogen (secondary N) is 1. The van der Waals surface area contributed by atoms with Crippen molar-refractivity contribution in [3.05, 3.63) is 23.1 Å². The van der Waals surface area contributed by atoms with E-state index in [1.807, 2.05) is 20.2 Å². The Morgan fingerprint density at radius 1 is 1.54 bits per heavy atom. The number of aromatic nitrogens is 3. The van der Waals surface area contributed by atoms with Gasteiger partial charge in [-0.2, -0.15) is 5.10 Å². The number of halogens is 1. The van der Waals surface area contributed by atoms with E-state index in [9.17, 15) is 0 Å². The van der Waals surface area contributed by atoms with E-state index in [1.165, 1.54) is 0 Å². The monoisotopic (exact) mass is 196 g/mol. The van der Waals surface area contributed by atoms with Crippen LogP contribution < -0.4 is 5.32 Å². The molecule has 0 aliphatic rings. The van der Waals surface area contributed by atoms with E-state index >= 15 is 0 Å². The van der Waals surface area contributed by atoms with Crippen LogP contribution in [0.1, 0.15) is 5.69 Å². The Kier molecular flexibility index (Phi) is 1.84. The number of fused-ring (bicyclic) bond motifs is 1. The molecular formula is C8H9ClN4. The summed E-state index contributed by atoms with van der Waals surface area (Å²) < 4.78 is 1.67. The van der Waals surface area contributed by atoms with Gasteiger partial charge in [0.1, 0.15) is 0 Å². The van der Waals surface area contributed by atoms with Crippen molar-refractivity contribution >= 4 is 22.9 Å². The summed E-state index contributed by atoms with van der Waals surface area (Å²) in [5, 5.41) is 7.55. The first-order chi connectivity index (χ1) is 6.20. The number of rotatable bonds is 1. The first-order valence-electron chi connectivity index (χ1n) is 3.91. The lowest BCUT2D eigenvalue weighted by Crippen LogP contribution is -1.97. The van der Waals surface area contributed by atoms with Crippen LogP contribution in [0.25, 0.3) is 5.65 Å². The largest absolute Gasteiger partial charge is 0.385 e. The molecule has 0 amide bonds. The van der Waals surface area contributed by atoms with Gasteiger partial charge in [-0.3, -0.25) is 0 Å². The van der Waals surface area contributed by atoms with Crippen LogP contribution in [-0.4, -0.2) is 21.6 Å². The number of aryl methyl sites for hydroxylation is 1. The van der Waals surface area contributed by atoms with E-state index in [0.717, 1.165) is 17.0 Å². The first kappa shape index (κ1) is 8.31. The Morgan fingerprint density at radius 2 is 2.31 bits per heavy atom. The highest BCUT2D eigenvalue weighted by atomic mass is 35.5. The normalized spacial score (nSPS) is 10.7. The van der Waals surface area contributed by atoms with Gasteiger partial charge in [0.05, 0.1) is 17.6 Å². The zero-order valence-electron chi connectivity index (χ0n) is 7.37. The van der Waals surface area contributed by atoms with Crippen LogP contribution in [0.2, 0.25) is 5.15 Å². The van der Waals surface area contributed by atoms with E-state index in [0.29, 0.717) is 5.15 Å². The van der Waals surface area contributed by atoms with Crippen molar-refractivity contribution in [3.63, 3.8) is 0 Å². The Labute approximate surface area is 80.5 Å². The van der Waals surface area contributed by atoms with Crippen molar-refractivity contribution in [1.29, 1.82) is 0 Å². The average Bonchev–Trinajstić information content (AvgIpc) is 2.43. The van der Waals surface area contributed by atoms with E-state index in [-0.39, 0.29) is 0 Å². The maximum Gasteiger partial charge on any atom is 0.177 e. The fraction of sp³-hybridized carbons (Fsp3) is 0.250. The highest BCUT2D eigenvalue weighted by Crippen LogP contribution is 2.18. The molecule has 0 saturated carbocycles. The van der Waals surface area contributed by atoms with Gasteiger partial charge in [0.25, 0.3) is 0 Å². The predicted octanol–water partition coefficient (Wildman–Crippen LogP) is 1.73. The van der Waals surface area contributed by atoms with Crippen molar-refractivity contribution in [2.75, 3.05) is 12.4 Å². The highest BCUT2D eigenvalue weighted by molar-refractivity contribution is 6.29. The van der Waals surface area contributed by atoms with Gasteiger partial charge in [0.2, 0.25) is 0 Å². The average molecular weight is 197 g/mol. The summed E-state index contributed by atoms with van der Waals surface area (Å²) in [6.07, 6.45) is 1.84. The van der Waals surface area contributed by atoms with Crippen LogP contribution in [0.3, 0.4) is 0 Å². The third-order valence-electron chi connectivity index (χ3n) is 1.79. The molecule has 0 atom stereocenters. The lowest BCUT2D eigenvalue weighted by Gasteiger charge is -2.01. The molecule has 1 N–H and O–H groups in total. The van der Waals surface area contributed by atoms with Crippen molar-refractivity contribution in [2.24, 2.45) is 0 Å². The summed E-state index contributed by atoms with van der Waals surface area (Å²) >= 11 is 5.81. The highest BCUT2D eigenvalue weighted by Gasteiger charge is 2.05. The molecule has 5 heteroatoms. The third kappa shape index (κ3) is 1.33. The molecule has 0 fully saturated rings. The number of hydrogen-bond donors (Lipinski definition) is 1. The van der Waals surface area contributed by atoms with Crippen LogP contribution >= 0.6 is 11.6 Å². The molecule has 0 bridgehead atoms. The van der Waals surface area contributed by atoms with Crippen molar-refractivity contribution in [3.8, 4) is 0 Å². The molecule has 0 unspecified atom stereocenters. The molecule has 13 heavy (non-hydrogen) atoms. The second-order valence-electron chi connectivity index (χ2n) is 2.78. The van der Waals surface area contributed by atoms with Gasteiger partial charge in [0, 0.05) is 13.1 Å². The number of nitrogens with zero attached hydrogens (tertiary/aromatic N) is 3. The maximum absolute atomic E-state index is 5.81.